The van der Waals surface area contributed by atoms with Gasteiger partial charge in [0.2, 0.25) is 0 Å². The number of aliphatic hydroxyl groups is 1. The molecule has 0 radical (unpaired) electrons. The third-order valence-electron chi connectivity index (χ3n) is 4.76. The third kappa shape index (κ3) is 5.87. The minimum absolute atomic E-state index is 0.186. The van der Waals surface area contributed by atoms with Crippen molar-refractivity contribution in [3.63, 3.8) is 0 Å². The Bertz CT molecular complexity index is 941. The molecule has 3 N–H and O–H groups in total. The molecule has 1 aromatic heterocycles. The van der Waals surface area contributed by atoms with E-state index in [9.17, 15) is 9.90 Å². The van der Waals surface area contributed by atoms with Crippen LogP contribution in [-0.2, 0) is 6.42 Å². The number of aliphatic hydroxyl groups excluding tert-OH is 1. The lowest BCUT2D eigenvalue weighted by Gasteiger charge is -2.17. The Hall–Kier alpha value is -2.73. The van der Waals surface area contributed by atoms with Gasteiger partial charge in [0.05, 0.1) is 11.7 Å². The zero-order valence-corrected chi connectivity index (χ0v) is 16.8. The zero-order valence-electron chi connectivity index (χ0n) is 16.0. The second-order valence-electron chi connectivity index (χ2n) is 7.02. The number of carbonyl (C=O) groups is 1. The molecular formula is C23H23ClN2O3. The van der Waals surface area contributed by atoms with Crippen LogP contribution in [0, 0.1) is 0 Å². The Balaban J connectivity index is 1.53. The number of carboxylic acids is 1. The van der Waals surface area contributed by atoms with Crippen LogP contribution in [0.5, 0.6) is 0 Å². The van der Waals surface area contributed by atoms with Crippen LogP contribution in [0.1, 0.15) is 34.5 Å². The lowest BCUT2D eigenvalue weighted by atomic mass is 10.00. The highest BCUT2D eigenvalue weighted by atomic mass is 35.5. The summed E-state index contributed by atoms with van der Waals surface area (Å²) < 4.78 is 0. The van der Waals surface area contributed by atoms with Gasteiger partial charge < -0.3 is 15.5 Å². The van der Waals surface area contributed by atoms with Gasteiger partial charge in [-0.1, -0.05) is 54.1 Å². The van der Waals surface area contributed by atoms with Crippen LogP contribution < -0.4 is 5.32 Å². The van der Waals surface area contributed by atoms with Gasteiger partial charge in [-0.25, -0.2) is 9.78 Å². The molecule has 3 aromatic rings. The summed E-state index contributed by atoms with van der Waals surface area (Å²) in [6.07, 6.45) is 1.77. The highest BCUT2D eigenvalue weighted by Gasteiger charge is 2.11. The second-order valence-corrected chi connectivity index (χ2v) is 7.41. The van der Waals surface area contributed by atoms with E-state index in [-0.39, 0.29) is 11.6 Å². The number of hydrogen-bond donors (Lipinski definition) is 3. The molecule has 5 nitrogen and oxygen atoms in total. The molecule has 150 valence electrons. The Morgan fingerprint density at radius 3 is 2.21 bits per heavy atom. The van der Waals surface area contributed by atoms with Crippen molar-refractivity contribution in [1.29, 1.82) is 0 Å². The average molecular weight is 411 g/mol. The average Bonchev–Trinajstić information content (AvgIpc) is 2.73. The number of carboxylic acid groups (broad SMARTS) is 1. The monoisotopic (exact) mass is 410 g/mol. The van der Waals surface area contributed by atoms with E-state index in [2.05, 4.69) is 29.4 Å². The van der Waals surface area contributed by atoms with Crippen molar-refractivity contribution in [2.24, 2.45) is 0 Å². The summed E-state index contributed by atoms with van der Waals surface area (Å²) in [6.45, 7) is 2.50. The lowest BCUT2D eigenvalue weighted by Crippen LogP contribution is -2.32. The van der Waals surface area contributed by atoms with Gasteiger partial charge in [-0.2, -0.15) is 0 Å². The summed E-state index contributed by atoms with van der Waals surface area (Å²) in [5.41, 5.74) is 4.21. The number of aromatic nitrogens is 1. The highest BCUT2D eigenvalue weighted by molar-refractivity contribution is 6.29. The van der Waals surface area contributed by atoms with Gasteiger partial charge in [0.1, 0.15) is 5.15 Å². The van der Waals surface area contributed by atoms with E-state index in [1.165, 1.54) is 5.56 Å². The Labute approximate surface area is 175 Å². The van der Waals surface area contributed by atoms with E-state index in [1.807, 2.05) is 24.3 Å². The van der Waals surface area contributed by atoms with Gasteiger partial charge >= 0.3 is 5.97 Å². The fourth-order valence-electron chi connectivity index (χ4n) is 3.08. The molecule has 0 aliphatic heterocycles. The molecule has 2 aromatic carbocycles. The van der Waals surface area contributed by atoms with Crippen LogP contribution in [0.3, 0.4) is 0 Å². The van der Waals surface area contributed by atoms with Crippen LogP contribution in [-0.4, -0.2) is 33.8 Å². The summed E-state index contributed by atoms with van der Waals surface area (Å²) in [4.78, 5) is 14.9. The van der Waals surface area contributed by atoms with Crippen molar-refractivity contribution in [3.8, 4) is 11.1 Å². The largest absolute Gasteiger partial charge is 0.478 e. The first-order chi connectivity index (χ1) is 13.9. The molecule has 0 amide bonds. The van der Waals surface area contributed by atoms with Crippen molar-refractivity contribution in [3.05, 3.63) is 88.7 Å². The van der Waals surface area contributed by atoms with E-state index < -0.39 is 12.1 Å². The summed E-state index contributed by atoms with van der Waals surface area (Å²) >= 11 is 5.77. The van der Waals surface area contributed by atoms with Crippen LogP contribution in [0.15, 0.2) is 66.9 Å². The maximum absolute atomic E-state index is 11.0. The maximum Gasteiger partial charge on any atom is 0.335 e. The van der Waals surface area contributed by atoms with Crippen LogP contribution in [0.4, 0.5) is 0 Å². The van der Waals surface area contributed by atoms with Crippen molar-refractivity contribution in [2.75, 3.05) is 6.54 Å². The topological polar surface area (TPSA) is 82.5 Å². The summed E-state index contributed by atoms with van der Waals surface area (Å²) in [7, 11) is 0. The Morgan fingerprint density at radius 1 is 1.03 bits per heavy atom. The molecule has 0 bridgehead atoms. The number of aromatic carboxylic acids is 1. The number of pyridine rings is 1. The van der Waals surface area contributed by atoms with Gasteiger partial charge in [-0.15, -0.1) is 0 Å². The molecule has 0 aliphatic rings. The number of nitrogens with one attached hydrogen (secondary N) is 1. The molecular weight excluding hydrogens is 388 g/mol. The van der Waals surface area contributed by atoms with E-state index in [4.69, 9.17) is 16.7 Å². The molecule has 0 fully saturated rings. The zero-order chi connectivity index (χ0) is 20.8. The fourth-order valence-corrected chi connectivity index (χ4v) is 3.19. The molecule has 0 unspecified atom stereocenters. The number of nitrogens with zero attached hydrogens (tertiary/aromatic N) is 1. The van der Waals surface area contributed by atoms with Crippen molar-refractivity contribution >= 4 is 17.6 Å². The fraction of sp³-hybridized carbons (Fsp3) is 0.217. The van der Waals surface area contributed by atoms with Gasteiger partial charge in [-0.05, 0) is 48.2 Å². The van der Waals surface area contributed by atoms with E-state index in [0.717, 1.165) is 23.1 Å². The predicted molar refractivity (Wildman–Crippen MR) is 114 cm³/mol. The van der Waals surface area contributed by atoms with E-state index in [0.29, 0.717) is 11.7 Å². The number of rotatable bonds is 8. The first kappa shape index (κ1) is 21.0. The molecule has 0 spiro atoms. The molecule has 0 aliphatic carbocycles. The predicted octanol–water partition coefficient (Wildman–Crippen LogP) is 4.35. The van der Waals surface area contributed by atoms with Crippen LogP contribution >= 0.6 is 11.6 Å². The second kappa shape index (κ2) is 9.65. The van der Waals surface area contributed by atoms with Crippen molar-refractivity contribution < 1.29 is 15.0 Å². The number of hydrogen-bond acceptors (Lipinski definition) is 4. The summed E-state index contributed by atoms with van der Waals surface area (Å²) in [6, 6.07) is 18.7. The molecule has 6 heteroatoms. The van der Waals surface area contributed by atoms with Gasteiger partial charge in [0, 0.05) is 24.3 Å². The SMILES string of the molecule is C[C@H](Cc1ccc(-c2ccc(C(=O)O)cc2)cc1)NC[C@H](O)c1ccc(Cl)nc1. The summed E-state index contributed by atoms with van der Waals surface area (Å²) in [5.74, 6) is -0.925. The minimum Gasteiger partial charge on any atom is -0.478 e. The van der Waals surface area contributed by atoms with Gasteiger partial charge in [-0.3, -0.25) is 0 Å². The minimum atomic E-state index is -0.925. The van der Waals surface area contributed by atoms with Crippen molar-refractivity contribution in [2.45, 2.75) is 25.5 Å². The molecule has 29 heavy (non-hydrogen) atoms. The first-order valence-electron chi connectivity index (χ1n) is 9.38. The quantitative estimate of drug-likeness (QED) is 0.481. The molecule has 0 saturated carbocycles. The summed E-state index contributed by atoms with van der Waals surface area (Å²) in [5, 5.41) is 23.0. The number of halogens is 1. The third-order valence-corrected chi connectivity index (χ3v) is 4.98. The Morgan fingerprint density at radius 2 is 1.66 bits per heavy atom. The Kier molecular flexibility index (Phi) is 6.99. The lowest BCUT2D eigenvalue weighted by molar-refractivity contribution is 0.0697. The van der Waals surface area contributed by atoms with Gasteiger partial charge in [0.25, 0.3) is 0 Å². The number of benzene rings is 2. The first-order valence-corrected chi connectivity index (χ1v) is 9.76. The van der Waals surface area contributed by atoms with E-state index >= 15 is 0 Å². The van der Waals surface area contributed by atoms with Crippen molar-refractivity contribution in [1.82, 2.24) is 10.3 Å². The molecule has 0 saturated heterocycles. The molecule has 1 heterocycles. The van der Waals surface area contributed by atoms with E-state index in [1.54, 1.807) is 30.5 Å². The normalized spacial score (nSPS) is 13.1. The smallest absolute Gasteiger partial charge is 0.335 e. The van der Waals surface area contributed by atoms with Gasteiger partial charge in [0.15, 0.2) is 0 Å². The molecule has 3 rings (SSSR count). The highest BCUT2D eigenvalue weighted by Crippen LogP contribution is 2.21. The molecule has 2 atom stereocenters. The van der Waals surface area contributed by atoms with Crippen LogP contribution in [0.25, 0.3) is 11.1 Å². The van der Waals surface area contributed by atoms with Crippen LogP contribution in [0.2, 0.25) is 5.15 Å². The maximum atomic E-state index is 11.0. The standard InChI is InChI=1S/C23H23ClN2O3/c1-15(25-14-21(27)20-10-11-22(24)26-13-20)12-16-2-4-17(5-3-16)18-6-8-19(9-7-18)23(28)29/h2-11,13,15,21,25,27H,12,14H2,1H3,(H,28,29)/t15-,21+/m1/s1.